The lowest BCUT2D eigenvalue weighted by Crippen LogP contribution is -2.47. The molecule has 1 fully saturated rings. The first-order chi connectivity index (χ1) is 13.5. The van der Waals surface area contributed by atoms with Crippen LogP contribution in [0.5, 0.6) is 0 Å². The molecule has 1 amide bonds. The Morgan fingerprint density at radius 3 is 2.43 bits per heavy atom. The smallest absolute Gasteiger partial charge is 0.223 e. The number of hydrogen-bond acceptors (Lipinski definition) is 2. The number of amides is 1. The zero-order chi connectivity index (χ0) is 20.1. The zero-order valence-corrected chi connectivity index (χ0v) is 17.8. The van der Waals surface area contributed by atoms with Crippen LogP contribution in [0.4, 0.5) is 4.39 Å². The molecule has 1 heterocycles. The highest BCUT2D eigenvalue weighted by atomic mass is 79.9. The topological polar surface area (TPSA) is 40.5 Å². The van der Waals surface area contributed by atoms with E-state index in [2.05, 4.69) is 35.0 Å². The van der Waals surface area contributed by atoms with Crippen LogP contribution < -0.4 is 0 Å². The Morgan fingerprint density at radius 2 is 1.86 bits per heavy atom. The number of likely N-dealkylation sites (tertiary alicyclic amines) is 1. The highest BCUT2D eigenvalue weighted by Crippen LogP contribution is 2.42. The van der Waals surface area contributed by atoms with E-state index in [1.54, 1.807) is 12.1 Å². The molecule has 0 unspecified atom stereocenters. The van der Waals surface area contributed by atoms with E-state index in [1.165, 1.54) is 12.1 Å². The average molecular weight is 448 g/mol. The van der Waals surface area contributed by atoms with Crippen molar-refractivity contribution in [3.63, 3.8) is 0 Å². The van der Waals surface area contributed by atoms with Crippen LogP contribution in [0.1, 0.15) is 56.2 Å². The number of carbonyl (C=O) groups is 1. The SMILES string of the molecule is CC[C@@H](c1ccc(Br)cc1)N1CC[C@](CCCO)(c2ccc(F)cc2)CC1=O. The summed E-state index contributed by atoms with van der Waals surface area (Å²) in [5.41, 5.74) is 1.80. The molecule has 0 radical (unpaired) electrons. The third kappa shape index (κ3) is 4.47. The van der Waals surface area contributed by atoms with Gasteiger partial charge in [0.25, 0.3) is 0 Å². The van der Waals surface area contributed by atoms with Crippen molar-refractivity contribution in [3.05, 3.63) is 69.9 Å². The van der Waals surface area contributed by atoms with E-state index in [0.29, 0.717) is 19.4 Å². The Kier molecular flexibility index (Phi) is 6.89. The molecular weight excluding hydrogens is 421 g/mol. The van der Waals surface area contributed by atoms with Gasteiger partial charge in [0.1, 0.15) is 5.82 Å². The number of nitrogens with zero attached hydrogens (tertiary/aromatic N) is 1. The molecule has 1 aliphatic heterocycles. The lowest BCUT2D eigenvalue weighted by atomic mass is 9.69. The molecule has 2 aromatic carbocycles. The normalized spacial score (nSPS) is 21.0. The van der Waals surface area contributed by atoms with Gasteiger partial charge in [0.2, 0.25) is 5.91 Å². The van der Waals surface area contributed by atoms with Crippen LogP contribution in [-0.2, 0) is 10.2 Å². The Balaban J connectivity index is 1.85. The van der Waals surface area contributed by atoms with E-state index < -0.39 is 0 Å². The molecule has 0 aliphatic carbocycles. The third-order valence-electron chi connectivity index (χ3n) is 5.93. The van der Waals surface area contributed by atoms with Crippen molar-refractivity contribution in [2.24, 2.45) is 0 Å². The second-order valence-electron chi connectivity index (χ2n) is 7.60. The van der Waals surface area contributed by atoms with Gasteiger partial charge in [-0.3, -0.25) is 4.79 Å². The number of aliphatic hydroxyl groups excluding tert-OH is 1. The lowest BCUT2D eigenvalue weighted by molar-refractivity contribution is -0.139. The minimum Gasteiger partial charge on any atom is -0.396 e. The van der Waals surface area contributed by atoms with Gasteiger partial charge in [-0.2, -0.15) is 0 Å². The Hall–Kier alpha value is -1.72. The van der Waals surface area contributed by atoms with Crippen LogP contribution in [-0.4, -0.2) is 29.1 Å². The van der Waals surface area contributed by atoms with E-state index >= 15 is 0 Å². The molecule has 1 N–H and O–H groups in total. The molecule has 2 aromatic rings. The predicted octanol–water partition coefficient (Wildman–Crippen LogP) is 5.37. The number of carbonyl (C=O) groups excluding carboxylic acids is 1. The fourth-order valence-electron chi connectivity index (χ4n) is 4.41. The van der Waals surface area contributed by atoms with Gasteiger partial charge in [-0.25, -0.2) is 4.39 Å². The van der Waals surface area contributed by atoms with Crippen molar-refractivity contribution in [2.75, 3.05) is 13.2 Å². The second kappa shape index (κ2) is 9.19. The highest BCUT2D eigenvalue weighted by molar-refractivity contribution is 9.10. The summed E-state index contributed by atoms with van der Waals surface area (Å²) in [5, 5.41) is 9.36. The summed E-state index contributed by atoms with van der Waals surface area (Å²) in [6.07, 6.45) is 3.43. The van der Waals surface area contributed by atoms with Crippen LogP contribution in [0, 0.1) is 5.82 Å². The summed E-state index contributed by atoms with van der Waals surface area (Å²) in [6, 6.07) is 14.7. The maximum absolute atomic E-state index is 13.4. The van der Waals surface area contributed by atoms with Gasteiger partial charge >= 0.3 is 0 Å². The number of rotatable bonds is 7. The van der Waals surface area contributed by atoms with E-state index in [0.717, 1.165) is 34.9 Å². The maximum Gasteiger partial charge on any atom is 0.223 e. The number of aliphatic hydroxyl groups is 1. The van der Waals surface area contributed by atoms with Gasteiger partial charge in [0, 0.05) is 29.5 Å². The molecule has 1 aliphatic rings. The van der Waals surface area contributed by atoms with E-state index in [-0.39, 0.29) is 29.8 Å². The first-order valence-corrected chi connectivity index (χ1v) is 10.7. The molecule has 28 heavy (non-hydrogen) atoms. The molecule has 0 spiro atoms. The molecule has 5 heteroatoms. The van der Waals surface area contributed by atoms with E-state index in [4.69, 9.17) is 0 Å². The zero-order valence-electron chi connectivity index (χ0n) is 16.2. The van der Waals surface area contributed by atoms with Gasteiger partial charge in [-0.1, -0.05) is 47.1 Å². The van der Waals surface area contributed by atoms with Crippen molar-refractivity contribution in [1.29, 1.82) is 0 Å². The summed E-state index contributed by atoms with van der Waals surface area (Å²) in [7, 11) is 0. The summed E-state index contributed by atoms with van der Waals surface area (Å²) < 4.78 is 14.4. The molecule has 0 aromatic heterocycles. The molecule has 0 bridgehead atoms. The number of piperidine rings is 1. The van der Waals surface area contributed by atoms with Crippen LogP contribution in [0.25, 0.3) is 0 Å². The van der Waals surface area contributed by atoms with Gasteiger partial charge < -0.3 is 10.0 Å². The van der Waals surface area contributed by atoms with Crippen molar-refractivity contribution >= 4 is 21.8 Å². The first kappa shape index (κ1) is 21.0. The number of halogens is 2. The van der Waals surface area contributed by atoms with Crippen molar-refractivity contribution in [1.82, 2.24) is 4.90 Å². The molecule has 150 valence electrons. The Bertz CT molecular complexity index is 793. The molecule has 1 saturated heterocycles. The molecule has 3 rings (SSSR count). The van der Waals surface area contributed by atoms with Crippen LogP contribution in [0.3, 0.4) is 0 Å². The highest BCUT2D eigenvalue weighted by Gasteiger charge is 2.41. The maximum atomic E-state index is 13.4. The fraction of sp³-hybridized carbons (Fsp3) is 0.435. The summed E-state index contributed by atoms with van der Waals surface area (Å²) in [5.74, 6) is -0.144. The van der Waals surface area contributed by atoms with Crippen molar-refractivity contribution in [2.45, 2.75) is 50.5 Å². The number of hydrogen-bond donors (Lipinski definition) is 1. The van der Waals surface area contributed by atoms with Crippen molar-refractivity contribution < 1.29 is 14.3 Å². The molecular formula is C23H27BrFNO2. The van der Waals surface area contributed by atoms with Crippen LogP contribution in [0.2, 0.25) is 0 Å². The largest absolute Gasteiger partial charge is 0.396 e. The van der Waals surface area contributed by atoms with Gasteiger partial charge in [-0.15, -0.1) is 0 Å². The van der Waals surface area contributed by atoms with E-state index in [1.807, 2.05) is 17.0 Å². The minimum atomic E-state index is -0.331. The van der Waals surface area contributed by atoms with E-state index in [9.17, 15) is 14.3 Å². The molecule has 0 saturated carbocycles. The molecule has 2 atom stereocenters. The number of benzene rings is 2. The Morgan fingerprint density at radius 1 is 1.18 bits per heavy atom. The predicted molar refractivity (Wildman–Crippen MR) is 113 cm³/mol. The quantitative estimate of drug-likeness (QED) is 0.619. The second-order valence-corrected chi connectivity index (χ2v) is 8.52. The standard InChI is InChI=1S/C23H27BrFNO2/c1-2-21(17-4-8-19(24)9-5-17)26-14-13-23(12-3-15-27,16-22(26)28)18-6-10-20(25)11-7-18/h4-11,21,27H,2-3,12-16H2,1H3/t21-,23-/m0/s1. The fourth-order valence-corrected chi connectivity index (χ4v) is 4.68. The van der Waals surface area contributed by atoms with Gasteiger partial charge in [0.05, 0.1) is 6.04 Å². The third-order valence-corrected chi connectivity index (χ3v) is 6.46. The van der Waals surface area contributed by atoms with Gasteiger partial charge in [-0.05, 0) is 61.1 Å². The average Bonchev–Trinajstić information content (AvgIpc) is 2.70. The van der Waals surface area contributed by atoms with Crippen molar-refractivity contribution in [3.8, 4) is 0 Å². The molecule has 3 nitrogen and oxygen atoms in total. The first-order valence-electron chi connectivity index (χ1n) is 9.91. The summed E-state index contributed by atoms with van der Waals surface area (Å²) in [6.45, 7) is 2.86. The van der Waals surface area contributed by atoms with Crippen LogP contribution in [0.15, 0.2) is 53.0 Å². The van der Waals surface area contributed by atoms with Gasteiger partial charge in [0.15, 0.2) is 0 Å². The van der Waals surface area contributed by atoms with Crippen LogP contribution >= 0.6 is 15.9 Å². The minimum absolute atomic E-state index is 0.0599. The monoisotopic (exact) mass is 447 g/mol. The lowest BCUT2D eigenvalue weighted by Gasteiger charge is -2.44. The Labute approximate surface area is 174 Å². The summed E-state index contributed by atoms with van der Waals surface area (Å²) >= 11 is 3.47. The summed E-state index contributed by atoms with van der Waals surface area (Å²) in [4.78, 5) is 15.2.